The maximum atomic E-state index is 13.0. The van der Waals surface area contributed by atoms with Crippen LogP contribution in [0.4, 0.5) is 11.5 Å². The number of amides is 1. The topological polar surface area (TPSA) is 71.0 Å². The standard InChI is InChI=1S/C20H19N5O/c26-20(25-11-3-5-16-4-1-2-6-18(16)25)17-12-19(24-14-23-17)22-13-15-7-9-21-10-8-15/h1-2,4,6-10,12,14H,3,5,11,13H2,(H,22,23,24). The van der Waals surface area contributed by atoms with Gasteiger partial charge < -0.3 is 10.2 Å². The predicted octanol–water partition coefficient (Wildman–Crippen LogP) is 3.08. The minimum atomic E-state index is -0.0912. The van der Waals surface area contributed by atoms with Crippen LogP contribution in [0.15, 0.2) is 61.2 Å². The van der Waals surface area contributed by atoms with E-state index >= 15 is 0 Å². The van der Waals surface area contributed by atoms with E-state index in [1.807, 2.05) is 35.2 Å². The molecular weight excluding hydrogens is 326 g/mol. The number of nitrogens with one attached hydrogen (secondary N) is 1. The summed E-state index contributed by atoms with van der Waals surface area (Å²) >= 11 is 0. The van der Waals surface area contributed by atoms with E-state index in [4.69, 9.17) is 0 Å². The number of aryl methyl sites for hydroxylation is 1. The van der Waals surface area contributed by atoms with Gasteiger partial charge in [-0.05, 0) is 42.2 Å². The zero-order valence-corrected chi connectivity index (χ0v) is 14.3. The Bertz CT molecular complexity index is 913. The van der Waals surface area contributed by atoms with Crippen molar-refractivity contribution in [3.8, 4) is 0 Å². The SMILES string of the molecule is O=C(c1cc(NCc2ccncc2)ncn1)N1CCCc2ccccc21. The van der Waals surface area contributed by atoms with Crippen LogP contribution in [0.2, 0.25) is 0 Å². The number of pyridine rings is 1. The highest BCUT2D eigenvalue weighted by molar-refractivity contribution is 6.05. The van der Waals surface area contributed by atoms with E-state index in [9.17, 15) is 4.79 Å². The molecule has 0 bridgehead atoms. The summed E-state index contributed by atoms with van der Waals surface area (Å²) in [4.78, 5) is 27.2. The van der Waals surface area contributed by atoms with Crippen molar-refractivity contribution in [3.63, 3.8) is 0 Å². The molecular formula is C20H19N5O. The van der Waals surface area contributed by atoms with Crippen molar-refractivity contribution in [2.24, 2.45) is 0 Å². The van der Waals surface area contributed by atoms with Crippen molar-refractivity contribution >= 4 is 17.4 Å². The summed E-state index contributed by atoms with van der Waals surface area (Å²) < 4.78 is 0. The first-order valence-electron chi connectivity index (χ1n) is 8.66. The first-order valence-corrected chi connectivity index (χ1v) is 8.66. The number of rotatable bonds is 4. The quantitative estimate of drug-likeness (QED) is 0.787. The second-order valence-electron chi connectivity index (χ2n) is 6.19. The monoisotopic (exact) mass is 345 g/mol. The van der Waals surface area contributed by atoms with E-state index in [0.29, 0.717) is 24.6 Å². The minimum Gasteiger partial charge on any atom is -0.366 e. The molecule has 0 spiro atoms. The number of anilines is 2. The van der Waals surface area contributed by atoms with Gasteiger partial charge in [0.15, 0.2) is 0 Å². The zero-order chi connectivity index (χ0) is 17.8. The Morgan fingerprint density at radius 2 is 1.96 bits per heavy atom. The van der Waals surface area contributed by atoms with Crippen LogP contribution in [0.1, 0.15) is 28.0 Å². The molecule has 0 radical (unpaired) electrons. The molecule has 1 aliphatic rings. The van der Waals surface area contributed by atoms with Gasteiger partial charge in [-0.2, -0.15) is 0 Å². The van der Waals surface area contributed by atoms with Crippen LogP contribution in [0.3, 0.4) is 0 Å². The van der Waals surface area contributed by atoms with E-state index in [0.717, 1.165) is 24.1 Å². The number of hydrogen-bond acceptors (Lipinski definition) is 5. The van der Waals surface area contributed by atoms with Crippen LogP contribution in [0.25, 0.3) is 0 Å². The normalized spacial score (nSPS) is 13.2. The smallest absolute Gasteiger partial charge is 0.277 e. The van der Waals surface area contributed by atoms with Crippen LogP contribution in [0, 0.1) is 0 Å². The van der Waals surface area contributed by atoms with Gasteiger partial charge in [-0.1, -0.05) is 18.2 Å². The van der Waals surface area contributed by atoms with Gasteiger partial charge in [0, 0.05) is 37.2 Å². The first-order chi connectivity index (χ1) is 12.8. The van der Waals surface area contributed by atoms with Crippen LogP contribution in [-0.2, 0) is 13.0 Å². The van der Waals surface area contributed by atoms with Crippen molar-refractivity contribution in [3.05, 3.63) is 78.0 Å². The highest BCUT2D eigenvalue weighted by Gasteiger charge is 2.24. The third-order valence-electron chi connectivity index (χ3n) is 4.46. The molecule has 6 heteroatoms. The Morgan fingerprint density at radius 3 is 2.85 bits per heavy atom. The molecule has 1 aliphatic heterocycles. The molecule has 130 valence electrons. The summed E-state index contributed by atoms with van der Waals surface area (Å²) in [5, 5.41) is 3.23. The maximum Gasteiger partial charge on any atom is 0.277 e. The number of hydrogen-bond donors (Lipinski definition) is 1. The lowest BCUT2D eigenvalue weighted by atomic mass is 10.0. The predicted molar refractivity (Wildman–Crippen MR) is 100 cm³/mol. The second-order valence-corrected chi connectivity index (χ2v) is 6.19. The minimum absolute atomic E-state index is 0.0912. The molecule has 1 amide bonds. The molecule has 26 heavy (non-hydrogen) atoms. The van der Waals surface area contributed by atoms with Gasteiger partial charge in [-0.3, -0.25) is 9.78 Å². The average Bonchev–Trinajstić information content (AvgIpc) is 2.72. The van der Waals surface area contributed by atoms with Crippen LogP contribution in [0.5, 0.6) is 0 Å². The summed E-state index contributed by atoms with van der Waals surface area (Å²) in [6.45, 7) is 1.32. The molecule has 4 rings (SSSR count). The number of para-hydroxylation sites is 1. The lowest BCUT2D eigenvalue weighted by Gasteiger charge is -2.29. The Kier molecular flexibility index (Phi) is 4.55. The fraction of sp³-hybridized carbons (Fsp3) is 0.200. The van der Waals surface area contributed by atoms with Crippen LogP contribution in [-0.4, -0.2) is 27.4 Å². The third kappa shape index (κ3) is 3.39. The molecule has 3 heterocycles. The Balaban J connectivity index is 1.52. The number of aromatic nitrogens is 3. The van der Waals surface area contributed by atoms with Gasteiger partial charge in [-0.15, -0.1) is 0 Å². The number of carbonyl (C=O) groups is 1. The summed E-state index contributed by atoms with van der Waals surface area (Å²) in [6, 6.07) is 13.6. The van der Waals surface area contributed by atoms with Crippen molar-refractivity contribution in [2.45, 2.75) is 19.4 Å². The van der Waals surface area contributed by atoms with E-state index in [1.165, 1.54) is 11.9 Å². The van der Waals surface area contributed by atoms with Gasteiger partial charge in [0.2, 0.25) is 0 Å². The van der Waals surface area contributed by atoms with Crippen molar-refractivity contribution in [1.29, 1.82) is 0 Å². The van der Waals surface area contributed by atoms with Crippen LogP contribution >= 0.6 is 0 Å². The fourth-order valence-corrected chi connectivity index (χ4v) is 3.15. The van der Waals surface area contributed by atoms with E-state index in [1.54, 1.807) is 18.5 Å². The number of nitrogens with zero attached hydrogens (tertiary/aromatic N) is 4. The Hall–Kier alpha value is -3.28. The van der Waals surface area contributed by atoms with Gasteiger partial charge in [0.25, 0.3) is 5.91 Å². The molecule has 2 aromatic heterocycles. The number of carbonyl (C=O) groups excluding carboxylic acids is 1. The molecule has 0 saturated carbocycles. The van der Waals surface area contributed by atoms with Crippen molar-refractivity contribution < 1.29 is 4.79 Å². The highest BCUT2D eigenvalue weighted by atomic mass is 16.2. The Labute approximate surface area is 151 Å². The van der Waals surface area contributed by atoms with Crippen molar-refractivity contribution in [1.82, 2.24) is 15.0 Å². The molecule has 0 unspecified atom stereocenters. The molecule has 0 fully saturated rings. The van der Waals surface area contributed by atoms with Crippen LogP contribution < -0.4 is 10.2 Å². The summed E-state index contributed by atoms with van der Waals surface area (Å²) in [7, 11) is 0. The zero-order valence-electron chi connectivity index (χ0n) is 14.3. The van der Waals surface area contributed by atoms with Gasteiger partial charge in [-0.25, -0.2) is 9.97 Å². The molecule has 0 atom stereocenters. The summed E-state index contributed by atoms with van der Waals surface area (Å²) in [5.41, 5.74) is 3.68. The highest BCUT2D eigenvalue weighted by Crippen LogP contribution is 2.27. The lowest BCUT2D eigenvalue weighted by Crippen LogP contribution is -2.36. The molecule has 0 saturated heterocycles. The van der Waals surface area contributed by atoms with E-state index < -0.39 is 0 Å². The molecule has 1 N–H and O–H groups in total. The first kappa shape index (κ1) is 16.2. The number of benzene rings is 1. The van der Waals surface area contributed by atoms with E-state index in [-0.39, 0.29) is 5.91 Å². The fourth-order valence-electron chi connectivity index (χ4n) is 3.15. The lowest BCUT2D eigenvalue weighted by molar-refractivity contribution is 0.0980. The molecule has 1 aromatic carbocycles. The second kappa shape index (κ2) is 7.31. The maximum absolute atomic E-state index is 13.0. The molecule has 6 nitrogen and oxygen atoms in total. The van der Waals surface area contributed by atoms with Gasteiger partial charge in [0.05, 0.1) is 0 Å². The summed E-state index contributed by atoms with van der Waals surface area (Å²) in [5.74, 6) is 0.539. The Morgan fingerprint density at radius 1 is 1.12 bits per heavy atom. The third-order valence-corrected chi connectivity index (χ3v) is 4.46. The molecule has 3 aromatic rings. The average molecular weight is 345 g/mol. The number of fused-ring (bicyclic) bond motifs is 1. The van der Waals surface area contributed by atoms with Gasteiger partial charge >= 0.3 is 0 Å². The van der Waals surface area contributed by atoms with E-state index in [2.05, 4.69) is 26.3 Å². The van der Waals surface area contributed by atoms with Gasteiger partial charge in [0.1, 0.15) is 17.8 Å². The summed E-state index contributed by atoms with van der Waals surface area (Å²) in [6.07, 6.45) is 6.89. The van der Waals surface area contributed by atoms with Crippen molar-refractivity contribution in [2.75, 3.05) is 16.8 Å². The largest absolute Gasteiger partial charge is 0.366 e. The molecule has 0 aliphatic carbocycles.